The summed E-state index contributed by atoms with van der Waals surface area (Å²) in [5.41, 5.74) is 10.1. The Hall–Kier alpha value is -2.26. The lowest BCUT2D eigenvalue weighted by molar-refractivity contribution is 0.367. The van der Waals surface area contributed by atoms with Crippen molar-refractivity contribution in [2.24, 2.45) is 11.8 Å². The van der Waals surface area contributed by atoms with Crippen molar-refractivity contribution in [3.63, 3.8) is 0 Å². The molecule has 0 bridgehead atoms. The summed E-state index contributed by atoms with van der Waals surface area (Å²) in [7, 11) is -12.1. The zero-order valence-electron chi connectivity index (χ0n) is 43.9. The molecular weight excluding hydrogens is 893 g/mol. The first-order valence-electron chi connectivity index (χ1n) is 23.7. The van der Waals surface area contributed by atoms with E-state index in [2.05, 4.69) is 196 Å². The van der Waals surface area contributed by atoms with Crippen LogP contribution in [-0.2, 0) is 40.1 Å². The Morgan fingerprint density at radius 3 is 1.00 bits per heavy atom. The molecule has 0 amide bonds. The number of rotatable bonds is 18. The zero-order valence-corrected chi connectivity index (χ0v) is 49.9. The van der Waals surface area contributed by atoms with Gasteiger partial charge in [0.15, 0.2) is 44.4 Å². The van der Waals surface area contributed by atoms with Crippen LogP contribution < -0.4 is 0 Å². The van der Waals surface area contributed by atoms with Gasteiger partial charge in [0.25, 0.3) is 0 Å². The van der Waals surface area contributed by atoms with Crippen LogP contribution in [0.2, 0.25) is 104 Å². The van der Waals surface area contributed by atoms with E-state index in [1.165, 1.54) is 22.3 Å². The summed E-state index contributed by atoms with van der Waals surface area (Å²) in [4.78, 5) is 10.2. The van der Waals surface area contributed by atoms with Crippen LogP contribution in [0.25, 0.3) is 45.1 Å². The third-order valence-electron chi connectivity index (χ3n) is 10.9. The van der Waals surface area contributed by atoms with Crippen molar-refractivity contribution < 1.29 is 25.3 Å². The van der Waals surface area contributed by atoms with E-state index in [-0.39, 0.29) is 10.8 Å². The van der Waals surface area contributed by atoms with E-state index in [0.717, 1.165) is 58.3 Å². The topological polar surface area (TPSA) is 89.0 Å². The molecule has 64 heavy (non-hydrogen) atoms. The first kappa shape index (κ1) is 52.7. The minimum Gasteiger partial charge on any atom is -0.437 e. The van der Waals surface area contributed by atoms with Crippen LogP contribution in [0.1, 0.15) is 77.6 Å². The number of oxazole rings is 2. The van der Waals surface area contributed by atoms with Crippen LogP contribution in [0.4, 0.5) is 0 Å². The number of hydrogen-bond donors (Lipinski definition) is 0. The number of hydrogen-bond acceptors (Lipinski definition) is 8. The van der Waals surface area contributed by atoms with Crippen molar-refractivity contribution in [1.29, 1.82) is 0 Å². The number of fused-ring (bicyclic) bond motifs is 2. The van der Waals surface area contributed by atoms with Gasteiger partial charge >= 0.3 is 17.1 Å². The summed E-state index contributed by atoms with van der Waals surface area (Å²) in [6, 6.07) is 19.3. The van der Waals surface area contributed by atoms with Gasteiger partial charge in [-0.05, 0) is 198 Å². The molecule has 8 nitrogen and oxygen atoms in total. The Balaban J connectivity index is 1.47. The molecule has 0 aliphatic rings. The molecule has 2 aromatic heterocycles. The van der Waals surface area contributed by atoms with E-state index in [1.807, 2.05) is 0 Å². The molecule has 0 aliphatic heterocycles. The Morgan fingerprint density at radius 2 is 0.750 bits per heavy atom. The van der Waals surface area contributed by atoms with Crippen LogP contribution in [-0.4, -0.2) is 60.4 Å². The fraction of sp³-hybridized carbons (Fsp3) is 0.600. The highest BCUT2D eigenvalue weighted by Crippen LogP contribution is 2.38. The second-order valence-electron chi connectivity index (χ2n) is 25.2. The molecule has 0 fully saturated rings. The summed E-state index contributed by atoms with van der Waals surface area (Å²) < 4.78 is 41.1. The van der Waals surface area contributed by atoms with Crippen LogP contribution in [0.5, 0.6) is 0 Å². The molecule has 5 rings (SSSR count). The summed E-state index contributed by atoms with van der Waals surface area (Å²) in [6.45, 7) is 50.1. The SMILES string of the molecule is CC(Cc1cc(C(C)(C)C)cc2nc(-c3ccc(-c4nc5cc(C(C)(C)C)cc(CC(C)C[Si](C)(O[Si](C)(C)C)O[Si](C)(C)C)c5o4)cc3)oc12)C[Si](C)(O[Si](C)(C)C)O[Si](C)(C)C. The molecule has 5 aromatic rings. The van der Waals surface area contributed by atoms with Gasteiger partial charge < -0.3 is 25.3 Å². The maximum absolute atomic E-state index is 6.92. The predicted molar refractivity (Wildman–Crippen MR) is 286 cm³/mol. The summed E-state index contributed by atoms with van der Waals surface area (Å²) >= 11 is 0. The van der Waals surface area contributed by atoms with E-state index in [0.29, 0.717) is 23.6 Å². The molecule has 0 saturated heterocycles. The molecule has 2 atom stereocenters. The van der Waals surface area contributed by atoms with Crippen molar-refractivity contribution in [2.75, 3.05) is 0 Å². The van der Waals surface area contributed by atoms with Crippen LogP contribution in [0, 0.1) is 11.8 Å². The number of nitrogens with zero attached hydrogens (tertiary/aromatic N) is 2. The molecule has 0 spiro atoms. The molecule has 0 radical (unpaired) electrons. The highest BCUT2D eigenvalue weighted by Gasteiger charge is 2.43. The van der Waals surface area contributed by atoms with Gasteiger partial charge in [-0.25, -0.2) is 9.97 Å². The Labute approximate surface area is 394 Å². The molecule has 0 aliphatic carbocycles. The maximum atomic E-state index is 6.92. The molecule has 0 saturated carbocycles. The Bertz CT molecular complexity index is 2190. The minimum absolute atomic E-state index is 0.0459. The third-order valence-corrected chi connectivity index (χ3v) is 30.5. The lowest BCUT2D eigenvalue weighted by atomic mass is 9.85. The first-order valence-corrected chi connectivity index (χ1v) is 42.4. The fourth-order valence-electron chi connectivity index (χ4n) is 9.34. The molecule has 0 N–H and O–H groups in total. The summed E-state index contributed by atoms with van der Waals surface area (Å²) in [5, 5.41) is 0. The predicted octanol–water partition coefficient (Wildman–Crippen LogP) is 15.8. The van der Waals surface area contributed by atoms with Crippen LogP contribution in [0.3, 0.4) is 0 Å². The van der Waals surface area contributed by atoms with Crippen molar-refractivity contribution in [3.05, 3.63) is 70.8 Å². The van der Waals surface area contributed by atoms with Gasteiger partial charge in [0, 0.05) is 11.1 Å². The molecular formula is C50H84N2O6Si6. The van der Waals surface area contributed by atoms with Gasteiger partial charge in [-0.3, -0.25) is 0 Å². The second kappa shape index (κ2) is 18.7. The molecule has 14 heteroatoms. The number of aromatic nitrogens is 2. The van der Waals surface area contributed by atoms with Gasteiger partial charge in [-0.1, -0.05) is 67.5 Å². The van der Waals surface area contributed by atoms with Crippen LogP contribution in [0.15, 0.2) is 57.4 Å². The number of benzene rings is 3. The molecule has 3 aromatic carbocycles. The highest BCUT2D eigenvalue weighted by atomic mass is 28.5. The highest BCUT2D eigenvalue weighted by molar-refractivity contribution is 6.88. The van der Waals surface area contributed by atoms with Crippen molar-refractivity contribution in [1.82, 2.24) is 9.97 Å². The molecule has 2 unspecified atom stereocenters. The Kier molecular flexibility index (Phi) is 15.4. The normalized spacial score (nSPS) is 15.1. The average Bonchev–Trinajstić information content (AvgIpc) is 3.69. The van der Waals surface area contributed by atoms with Gasteiger partial charge in [0.1, 0.15) is 11.0 Å². The van der Waals surface area contributed by atoms with Crippen LogP contribution >= 0.6 is 0 Å². The molecule has 354 valence electrons. The summed E-state index contributed by atoms with van der Waals surface area (Å²) in [5.74, 6) is 1.90. The van der Waals surface area contributed by atoms with Gasteiger partial charge in [0.05, 0.1) is 0 Å². The van der Waals surface area contributed by atoms with E-state index >= 15 is 0 Å². The first-order chi connectivity index (χ1) is 28.9. The van der Waals surface area contributed by atoms with E-state index in [4.69, 9.17) is 35.3 Å². The second-order valence-corrected chi connectivity index (χ2v) is 50.8. The quantitative estimate of drug-likeness (QED) is 0.0802. The fourth-order valence-corrected chi connectivity index (χ4v) is 35.3. The minimum atomic E-state index is -2.43. The van der Waals surface area contributed by atoms with Crippen molar-refractivity contribution in [2.45, 2.75) is 183 Å². The van der Waals surface area contributed by atoms with Crippen molar-refractivity contribution >= 4 is 72.6 Å². The summed E-state index contributed by atoms with van der Waals surface area (Å²) in [6.07, 6.45) is 1.71. The monoisotopic (exact) mass is 976 g/mol. The lowest BCUT2D eigenvalue weighted by Crippen LogP contribution is -2.53. The van der Waals surface area contributed by atoms with Gasteiger partial charge in [0.2, 0.25) is 11.8 Å². The maximum Gasteiger partial charge on any atom is 0.314 e. The van der Waals surface area contributed by atoms with Crippen molar-refractivity contribution in [3.8, 4) is 22.9 Å². The van der Waals surface area contributed by atoms with E-state index < -0.39 is 50.4 Å². The zero-order chi connectivity index (χ0) is 48.2. The Morgan fingerprint density at radius 1 is 0.469 bits per heavy atom. The van der Waals surface area contributed by atoms with E-state index in [9.17, 15) is 0 Å². The largest absolute Gasteiger partial charge is 0.437 e. The molecule has 2 heterocycles. The van der Waals surface area contributed by atoms with E-state index in [1.54, 1.807) is 0 Å². The lowest BCUT2D eigenvalue weighted by Gasteiger charge is -2.40. The third kappa shape index (κ3) is 14.9. The van der Waals surface area contributed by atoms with Gasteiger partial charge in [-0.2, -0.15) is 0 Å². The standard InChI is InChI=1S/C50H84N2O6Si6/c1-35(33-63(21,55-59(9,10)11)56-60(12,13)14)27-39-29-41(49(3,4)5)31-43-45(39)53-47(51-43)37-23-25-38(26-24-37)48-52-44-32-42(50(6,7)8)30-40(46(44)54-48)28-36(2)34-64(22,57-61(15,16)17)58-62(18,19)20/h23-26,29-32,35-36H,27-28,33-34H2,1-22H3. The smallest absolute Gasteiger partial charge is 0.314 e. The van der Waals surface area contributed by atoms with Gasteiger partial charge in [-0.15, -0.1) is 0 Å². The average molecular weight is 978 g/mol.